The van der Waals surface area contributed by atoms with Crippen molar-refractivity contribution in [1.82, 2.24) is 10.3 Å². The molecule has 59 heavy (non-hydrogen) atoms. The summed E-state index contributed by atoms with van der Waals surface area (Å²) < 4.78 is 38.6. The van der Waals surface area contributed by atoms with Crippen LogP contribution in [-0.2, 0) is 32.7 Å². The lowest BCUT2D eigenvalue weighted by Crippen LogP contribution is -2.29. The second-order valence-electron chi connectivity index (χ2n) is 15.7. The van der Waals surface area contributed by atoms with Gasteiger partial charge in [0.25, 0.3) is 0 Å². The lowest BCUT2D eigenvalue weighted by molar-refractivity contribution is -0.383. The summed E-state index contributed by atoms with van der Waals surface area (Å²) in [4.78, 5) is 46.3. The van der Waals surface area contributed by atoms with Crippen molar-refractivity contribution in [3.8, 4) is 0 Å². The predicted molar refractivity (Wildman–Crippen MR) is 230 cm³/mol. The number of nitro benzene ring substituents is 1. The van der Waals surface area contributed by atoms with Crippen molar-refractivity contribution >= 4 is 42.2 Å². The van der Waals surface area contributed by atoms with Crippen LogP contribution in [0.15, 0.2) is 16.8 Å². The van der Waals surface area contributed by atoms with E-state index in [2.05, 4.69) is 34.1 Å². The van der Waals surface area contributed by atoms with Crippen LogP contribution in [0.3, 0.4) is 0 Å². The summed E-state index contributed by atoms with van der Waals surface area (Å²) in [5.41, 5.74) is 0.146. The van der Waals surface area contributed by atoms with Gasteiger partial charge < -0.3 is 19.7 Å². The molecule has 0 fully saturated rings. The van der Waals surface area contributed by atoms with Gasteiger partial charge in [-0.2, -0.15) is 0 Å². The summed E-state index contributed by atoms with van der Waals surface area (Å²) >= 11 is 0. The summed E-state index contributed by atoms with van der Waals surface area (Å²) in [6.45, 7) is 3.34. The zero-order valence-electron chi connectivity index (χ0n) is 36.2. The number of esters is 2. The maximum Gasteiger partial charge on any atom is 0.472 e. The number of unbranched alkanes of at least 4 members (excludes halogenated alkanes) is 24. The molecule has 2 aromatic rings. The molecule has 0 aliphatic rings. The quantitative estimate of drug-likeness (QED) is 0.0211. The second-order valence-corrected chi connectivity index (χ2v) is 17.1. The van der Waals surface area contributed by atoms with Gasteiger partial charge in [0.15, 0.2) is 11.6 Å². The van der Waals surface area contributed by atoms with Crippen molar-refractivity contribution in [3.05, 3.63) is 22.2 Å². The lowest BCUT2D eigenvalue weighted by Gasteiger charge is -2.20. The number of benzene rings is 1. The Balaban J connectivity index is 1.72. The van der Waals surface area contributed by atoms with Crippen LogP contribution in [0.25, 0.3) is 11.0 Å². The molecule has 0 saturated carbocycles. The molecule has 338 valence electrons. The third-order valence-electron chi connectivity index (χ3n) is 10.4. The van der Waals surface area contributed by atoms with Crippen LogP contribution in [0.5, 0.6) is 0 Å². The highest BCUT2D eigenvalue weighted by Crippen LogP contribution is 2.43. The van der Waals surface area contributed by atoms with E-state index < -0.39 is 37.4 Å². The number of rotatable bonds is 40. The molecule has 0 spiro atoms. The first-order chi connectivity index (χ1) is 28.7. The van der Waals surface area contributed by atoms with Crippen LogP contribution in [-0.4, -0.2) is 64.5 Å². The van der Waals surface area contributed by atoms with Gasteiger partial charge in [0.05, 0.1) is 23.8 Å². The minimum Gasteiger partial charge on any atom is -0.462 e. The fourth-order valence-electron chi connectivity index (χ4n) is 6.90. The van der Waals surface area contributed by atoms with Gasteiger partial charge in [-0.25, -0.2) is 9.19 Å². The number of non-ortho nitro benzene ring substituents is 1. The summed E-state index contributed by atoms with van der Waals surface area (Å²) in [5.74, 6) is -0.924. The molecule has 0 amide bonds. The number of nitro groups is 1. The predicted octanol–water partition coefficient (Wildman–Crippen LogP) is 12.1. The van der Waals surface area contributed by atoms with Crippen molar-refractivity contribution in [2.24, 2.45) is 0 Å². The molecule has 0 radical (unpaired) electrons. The minimum atomic E-state index is -4.62. The molecule has 16 heteroatoms. The number of phosphoric acid groups is 1. The molecule has 0 aliphatic heterocycles. The zero-order valence-corrected chi connectivity index (χ0v) is 37.1. The fourth-order valence-corrected chi connectivity index (χ4v) is 7.65. The van der Waals surface area contributed by atoms with Gasteiger partial charge in [0.1, 0.15) is 6.61 Å². The number of fused-ring (bicyclic) bond motifs is 1. The smallest absolute Gasteiger partial charge is 0.462 e. The summed E-state index contributed by atoms with van der Waals surface area (Å²) in [7, 11) is -4.62. The van der Waals surface area contributed by atoms with Crippen LogP contribution in [0, 0.1) is 10.1 Å². The molecule has 1 unspecified atom stereocenters. The number of aromatic nitrogens is 2. The van der Waals surface area contributed by atoms with E-state index in [1.165, 1.54) is 128 Å². The van der Waals surface area contributed by atoms with Gasteiger partial charge in [-0.15, -0.1) is 0 Å². The van der Waals surface area contributed by atoms with Gasteiger partial charge in [-0.05, 0) is 29.2 Å². The SMILES string of the molecule is CCCCCCCCCCCCCCCC(=O)OC[C@H](COP(=O)(O)OCCNc1ccc([N+](=O)[O-])c2nonc12)OC(=O)CCCCCCCCCCCCCCC. The average molecular weight is 855 g/mol. The van der Waals surface area contributed by atoms with Gasteiger partial charge in [0, 0.05) is 25.5 Å². The topological polar surface area (TPSA) is 202 Å². The van der Waals surface area contributed by atoms with Crippen molar-refractivity contribution in [1.29, 1.82) is 0 Å². The number of anilines is 1. The van der Waals surface area contributed by atoms with E-state index in [4.69, 9.17) is 18.5 Å². The maximum absolute atomic E-state index is 12.8. The zero-order chi connectivity index (χ0) is 42.8. The molecular weight excluding hydrogens is 779 g/mol. The van der Waals surface area contributed by atoms with E-state index in [0.717, 1.165) is 38.5 Å². The van der Waals surface area contributed by atoms with Gasteiger partial charge >= 0.3 is 25.4 Å². The molecule has 1 heterocycles. The van der Waals surface area contributed by atoms with Gasteiger partial charge in [0.2, 0.25) is 5.52 Å². The molecular formula is C43H75N4O11P. The normalized spacial score (nSPS) is 13.0. The van der Waals surface area contributed by atoms with E-state index in [1.54, 1.807) is 0 Å². The number of nitrogens with zero attached hydrogens (tertiary/aromatic N) is 3. The molecule has 2 N–H and O–H groups in total. The number of ether oxygens (including phenoxy) is 2. The van der Waals surface area contributed by atoms with Crippen molar-refractivity contribution in [2.75, 3.05) is 31.7 Å². The third kappa shape index (κ3) is 26.0. The number of hydrogen-bond donors (Lipinski definition) is 2. The molecule has 0 saturated heterocycles. The van der Waals surface area contributed by atoms with Gasteiger partial charge in [-0.1, -0.05) is 168 Å². The van der Waals surface area contributed by atoms with E-state index in [9.17, 15) is 29.2 Å². The summed E-state index contributed by atoms with van der Waals surface area (Å²) in [5, 5.41) is 21.4. The highest BCUT2D eigenvalue weighted by atomic mass is 31.2. The van der Waals surface area contributed by atoms with E-state index in [0.29, 0.717) is 18.5 Å². The van der Waals surface area contributed by atoms with Crippen LogP contribution in [0.2, 0.25) is 0 Å². The first kappa shape index (κ1) is 52.0. The van der Waals surface area contributed by atoms with E-state index in [1.807, 2.05) is 0 Å². The van der Waals surface area contributed by atoms with Crippen LogP contribution in [0.4, 0.5) is 11.4 Å². The van der Waals surface area contributed by atoms with Crippen molar-refractivity contribution in [2.45, 2.75) is 200 Å². The largest absolute Gasteiger partial charge is 0.472 e. The Morgan fingerprint density at radius 1 is 0.695 bits per heavy atom. The lowest BCUT2D eigenvalue weighted by atomic mass is 10.0. The molecule has 1 aromatic heterocycles. The molecule has 0 aliphatic carbocycles. The van der Waals surface area contributed by atoms with E-state index in [-0.39, 0.29) is 49.3 Å². The van der Waals surface area contributed by atoms with Crippen LogP contribution >= 0.6 is 7.82 Å². The van der Waals surface area contributed by atoms with E-state index >= 15 is 0 Å². The number of carbonyl (C=O) groups is 2. The maximum atomic E-state index is 12.8. The molecule has 2 atom stereocenters. The monoisotopic (exact) mass is 855 g/mol. The second kappa shape index (κ2) is 33.6. The standard InChI is InChI=1S/C43H75N4O11P/c1-3-5-7-9-11-13-15-17-19-21-23-25-27-29-40(48)54-35-37(57-41(49)30-28-26-24-22-20-18-16-14-12-10-8-6-4-2)36-56-59(52,53)55-34-33-44-38-31-32-39(47(50)51)43-42(38)45-58-46-43/h31-32,37,44H,3-30,33-36H2,1-2H3,(H,52,53)/t37-/m1/s1. The van der Waals surface area contributed by atoms with Gasteiger partial charge in [-0.3, -0.25) is 28.8 Å². The van der Waals surface area contributed by atoms with Crippen LogP contribution in [0.1, 0.15) is 194 Å². The number of phosphoric ester groups is 1. The summed E-state index contributed by atoms with van der Waals surface area (Å²) in [6, 6.07) is 2.65. The van der Waals surface area contributed by atoms with Crippen molar-refractivity contribution < 1.29 is 47.1 Å². The van der Waals surface area contributed by atoms with Crippen LogP contribution < -0.4 is 5.32 Å². The Morgan fingerprint density at radius 2 is 1.15 bits per heavy atom. The molecule has 2 rings (SSSR count). The Morgan fingerprint density at radius 3 is 1.64 bits per heavy atom. The highest BCUT2D eigenvalue weighted by Gasteiger charge is 2.26. The van der Waals surface area contributed by atoms with Crippen molar-refractivity contribution in [3.63, 3.8) is 0 Å². The highest BCUT2D eigenvalue weighted by molar-refractivity contribution is 7.47. The Labute approximate surface area is 352 Å². The average Bonchev–Trinajstić information content (AvgIpc) is 3.71. The Bertz CT molecular complexity index is 1460. The molecule has 15 nitrogen and oxygen atoms in total. The third-order valence-corrected chi connectivity index (χ3v) is 11.4. The summed E-state index contributed by atoms with van der Waals surface area (Å²) in [6.07, 6.45) is 30.2. The molecule has 0 bridgehead atoms. The fraction of sp³-hybridized carbons (Fsp3) is 0.814. The Hall–Kier alpha value is -3.13. The first-order valence-corrected chi connectivity index (χ1v) is 24.3. The number of carbonyl (C=O) groups excluding carboxylic acids is 2. The number of nitrogens with one attached hydrogen (secondary N) is 1. The number of hydrogen-bond acceptors (Lipinski definition) is 13. The molecule has 1 aromatic carbocycles. The first-order valence-electron chi connectivity index (χ1n) is 22.8. The minimum absolute atomic E-state index is 0.00201. The Kier molecular flexibility index (Phi) is 29.6.